The van der Waals surface area contributed by atoms with Crippen molar-refractivity contribution in [2.24, 2.45) is 17.3 Å². The third kappa shape index (κ3) is 7.98. The van der Waals surface area contributed by atoms with Crippen LogP contribution < -0.4 is 4.74 Å². The smallest absolute Gasteiger partial charge is 0.222 e. The first kappa shape index (κ1) is 28.5. The van der Waals surface area contributed by atoms with E-state index in [4.69, 9.17) is 9.47 Å². The number of carbonyl (C=O) groups is 1. The highest BCUT2D eigenvalue weighted by Crippen LogP contribution is 2.32. The Morgan fingerprint density at radius 3 is 2.58 bits per heavy atom. The summed E-state index contributed by atoms with van der Waals surface area (Å²) < 4.78 is 11.3. The molecule has 0 radical (unpaired) electrons. The molecule has 0 spiro atoms. The fourth-order valence-corrected chi connectivity index (χ4v) is 5.63. The number of hydrogen-bond donors (Lipinski definition) is 1. The van der Waals surface area contributed by atoms with Crippen LogP contribution in [0.15, 0.2) is 43.0 Å². The van der Waals surface area contributed by atoms with Gasteiger partial charge in [-0.1, -0.05) is 26.0 Å². The molecule has 3 heterocycles. The molecule has 3 atom stereocenters. The maximum atomic E-state index is 13.8. The number of piperidine rings is 1. The molecule has 0 unspecified atom stereocenters. The summed E-state index contributed by atoms with van der Waals surface area (Å²) in [6.45, 7) is 8.86. The molecule has 8 nitrogen and oxygen atoms in total. The van der Waals surface area contributed by atoms with Crippen LogP contribution in [0.1, 0.15) is 50.7 Å². The van der Waals surface area contributed by atoms with Gasteiger partial charge in [0.1, 0.15) is 12.1 Å². The van der Waals surface area contributed by atoms with E-state index in [1.54, 1.807) is 13.4 Å². The Balaban J connectivity index is 1.46. The van der Waals surface area contributed by atoms with Gasteiger partial charge in [-0.15, -0.1) is 0 Å². The lowest BCUT2D eigenvalue weighted by Crippen LogP contribution is -2.47. The Kier molecular flexibility index (Phi) is 10.1. The number of amides is 1. The molecule has 2 aliphatic rings. The van der Waals surface area contributed by atoms with Gasteiger partial charge in [-0.25, -0.2) is 9.97 Å². The maximum absolute atomic E-state index is 13.8. The van der Waals surface area contributed by atoms with Gasteiger partial charge in [0.25, 0.3) is 0 Å². The van der Waals surface area contributed by atoms with Gasteiger partial charge >= 0.3 is 0 Å². The Labute approximate surface area is 227 Å². The molecule has 1 aromatic heterocycles. The number of nitrogens with zero attached hydrogens (tertiary/aromatic N) is 4. The van der Waals surface area contributed by atoms with Crippen molar-refractivity contribution < 1.29 is 19.4 Å². The highest BCUT2D eigenvalue weighted by atomic mass is 16.5. The molecule has 8 heteroatoms. The second kappa shape index (κ2) is 13.5. The molecule has 38 heavy (non-hydrogen) atoms. The monoisotopic (exact) mass is 524 g/mol. The van der Waals surface area contributed by atoms with E-state index >= 15 is 0 Å². The average molecular weight is 525 g/mol. The fraction of sp³-hybridized carbons (Fsp3) is 0.633. The number of β-amino-alcohol motifs (C(OH)–C–C–N with tert-alkyl or cyclic N) is 1. The molecule has 1 N–H and O–H groups in total. The lowest BCUT2D eigenvalue weighted by Gasteiger charge is -2.39. The summed E-state index contributed by atoms with van der Waals surface area (Å²) in [5.41, 5.74) is 1.83. The summed E-state index contributed by atoms with van der Waals surface area (Å²) in [7, 11) is 1.66. The Morgan fingerprint density at radius 1 is 1.08 bits per heavy atom. The van der Waals surface area contributed by atoms with Gasteiger partial charge in [0, 0.05) is 62.6 Å². The van der Waals surface area contributed by atoms with E-state index in [0.717, 1.165) is 62.2 Å². The lowest BCUT2D eigenvalue weighted by atomic mass is 9.80. The number of hydrogen-bond acceptors (Lipinski definition) is 7. The van der Waals surface area contributed by atoms with Gasteiger partial charge in [-0.05, 0) is 61.8 Å². The van der Waals surface area contributed by atoms with Gasteiger partial charge in [-0.3, -0.25) is 9.69 Å². The summed E-state index contributed by atoms with van der Waals surface area (Å²) in [4.78, 5) is 26.4. The number of benzene rings is 1. The fourth-order valence-electron chi connectivity index (χ4n) is 5.63. The first-order valence-corrected chi connectivity index (χ1v) is 14.0. The van der Waals surface area contributed by atoms with E-state index in [9.17, 15) is 9.90 Å². The van der Waals surface area contributed by atoms with Crippen molar-refractivity contribution in [2.75, 3.05) is 46.5 Å². The number of carbonyl (C=O) groups excluding carboxylic acids is 1. The van der Waals surface area contributed by atoms with Gasteiger partial charge in [0.15, 0.2) is 0 Å². The van der Waals surface area contributed by atoms with E-state index in [2.05, 4.69) is 14.9 Å². The third-order valence-corrected chi connectivity index (χ3v) is 8.25. The normalized spacial score (nSPS) is 25.5. The second-order valence-corrected chi connectivity index (χ2v) is 11.6. The Bertz CT molecular complexity index is 1000. The molecular weight excluding hydrogens is 480 g/mol. The molecular formula is C30H44N4O4. The first-order valence-electron chi connectivity index (χ1n) is 14.0. The van der Waals surface area contributed by atoms with Crippen LogP contribution in [0.2, 0.25) is 0 Å². The Hall–Kier alpha value is -2.55. The number of aliphatic hydroxyl groups is 1. The summed E-state index contributed by atoms with van der Waals surface area (Å²) in [5, 5.41) is 11.1. The zero-order chi connectivity index (χ0) is 27.0. The minimum atomic E-state index is -0.659. The minimum absolute atomic E-state index is 0.147. The quantitative estimate of drug-likeness (QED) is 0.618. The van der Waals surface area contributed by atoms with Crippen LogP contribution in [0, 0.1) is 17.3 Å². The van der Waals surface area contributed by atoms with Crippen LogP contribution in [-0.2, 0) is 22.5 Å². The first-order chi connectivity index (χ1) is 18.3. The van der Waals surface area contributed by atoms with Crippen molar-refractivity contribution in [1.82, 2.24) is 19.8 Å². The SMILES string of the molecule is COc1ccc(CCN2C[C@H](O)C(C)(C)COCCC[C@H]3CN(Cc4cncnc4)CC[C@H]3CC2=O)cc1. The molecule has 2 fully saturated rings. The lowest BCUT2D eigenvalue weighted by molar-refractivity contribution is -0.136. The van der Waals surface area contributed by atoms with Crippen molar-refractivity contribution in [3.8, 4) is 5.75 Å². The van der Waals surface area contributed by atoms with Crippen molar-refractivity contribution in [1.29, 1.82) is 0 Å². The summed E-state index contributed by atoms with van der Waals surface area (Å²) in [5.74, 6) is 1.73. The summed E-state index contributed by atoms with van der Waals surface area (Å²) in [6, 6.07) is 7.99. The maximum Gasteiger partial charge on any atom is 0.222 e. The molecule has 1 amide bonds. The van der Waals surface area contributed by atoms with E-state index < -0.39 is 11.5 Å². The molecule has 2 aliphatic heterocycles. The number of ether oxygens (including phenoxy) is 2. The number of methoxy groups -OCH3 is 1. The summed E-state index contributed by atoms with van der Waals surface area (Å²) in [6.07, 6.45) is 8.93. The second-order valence-electron chi connectivity index (χ2n) is 11.6. The zero-order valence-electron chi connectivity index (χ0n) is 23.2. The molecule has 0 saturated carbocycles. The molecule has 208 valence electrons. The van der Waals surface area contributed by atoms with Gasteiger partial charge in [0.05, 0.1) is 19.8 Å². The zero-order valence-corrected chi connectivity index (χ0v) is 23.2. The standard InChI is InChI=1S/C30H44N4O4/c1-30(2)21-38-14-4-5-26-19-33(18-24-16-31-22-32-17-24)12-11-25(26)15-29(36)34(20-28(30)35)13-10-23-6-8-27(37-3)9-7-23/h6-9,16-17,22,25-26,28,35H,4-5,10-15,18-21H2,1-3H3/t25-,26-,28-/m0/s1. The van der Waals surface area contributed by atoms with E-state index in [1.165, 1.54) is 0 Å². The molecule has 0 aliphatic carbocycles. The summed E-state index contributed by atoms with van der Waals surface area (Å²) >= 11 is 0. The number of aromatic nitrogens is 2. The average Bonchev–Trinajstić information content (AvgIpc) is 2.92. The number of rotatable bonds is 6. The molecule has 2 saturated heterocycles. The number of likely N-dealkylation sites (tertiary alicyclic amines) is 1. The van der Waals surface area contributed by atoms with Crippen molar-refractivity contribution in [2.45, 2.75) is 58.6 Å². The van der Waals surface area contributed by atoms with Crippen LogP contribution >= 0.6 is 0 Å². The van der Waals surface area contributed by atoms with Gasteiger partial charge < -0.3 is 19.5 Å². The molecule has 2 aromatic rings. The highest BCUT2D eigenvalue weighted by molar-refractivity contribution is 5.76. The van der Waals surface area contributed by atoms with Crippen molar-refractivity contribution in [3.05, 3.63) is 54.1 Å². The van der Waals surface area contributed by atoms with Crippen LogP contribution in [0.4, 0.5) is 0 Å². The Morgan fingerprint density at radius 2 is 1.84 bits per heavy atom. The van der Waals surface area contributed by atoms with E-state index in [0.29, 0.717) is 44.6 Å². The van der Waals surface area contributed by atoms with Crippen molar-refractivity contribution in [3.63, 3.8) is 0 Å². The van der Waals surface area contributed by atoms with Crippen molar-refractivity contribution >= 4 is 5.91 Å². The van der Waals surface area contributed by atoms with Crippen LogP contribution in [0.5, 0.6) is 5.75 Å². The largest absolute Gasteiger partial charge is 0.497 e. The predicted molar refractivity (Wildman–Crippen MR) is 147 cm³/mol. The molecule has 0 bridgehead atoms. The highest BCUT2D eigenvalue weighted by Gasteiger charge is 2.35. The number of fused-ring (bicyclic) bond motifs is 1. The van der Waals surface area contributed by atoms with Crippen LogP contribution in [0.25, 0.3) is 0 Å². The third-order valence-electron chi connectivity index (χ3n) is 8.25. The molecule has 1 aromatic carbocycles. The van der Waals surface area contributed by atoms with Crippen LogP contribution in [-0.4, -0.2) is 83.4 Å². The molecule has 4 rings (SSSR count). The van der Waals surface area contributed by atoms with Crippen LogP contribution in [0.3, 0.4) is 0 Å². The van der Waals surface area contributed by atoms with Gasteiger partial charge in [0.2, 0.25) is 5.91 Å². The van der Waals surface area contributed by atoms with Gasteiger partial charge in [-0.2, -0.15) is 0 Å². The topological polar surface area (TPSA) is 88.0 Å². The van der Waals surface area contributed by atoms with E-state index in [-0.39, 0.29) is 5.91 Å². The van der Waals surface area contributed by atoms with E-state index in [1.807, 2.05) is 55.4 Å². The minimum Gasteiger partial charge on any atom is -0.497 e. The predicted octanol–water partition coefficient (Wildman–Crippen LogP) is 3.58. The number of aliphatic hydroxyl groups excluding tert-OH is 1.